The number of hydrogen-bond donors (Lipinski definition) is 5. The van der Waals surface area contributed by atoms with E-state index in [1.807, 2.05) is 5.32 Å². The number of nitrogens with zero attached hydrogens (tertiary/aromatic N) is 2. The number of H-pyrrole nitrogens is 1. The molecule has 9 nitrogen and oxygen atoms in total. The van der Waals surface area contributed by atoms with Crippen LogP contribution in [0, 0.1) is 5.92 Å². The minimum absolute atomic E-state index is 0.238. The van der Waals surface area contributed by atoms with Crippen LogP contribution < -0.4 is 16.4 Å². The van der Waals surface area contributed by atoms with Gasteiger partial charge >= 0.3 is 6.18 Å². The number of hydrogen-bond acceptors (Lipinski definition) is 6. The highest BCUT2D eigenvalue weighted by Crippen LogP contribution is 2.33. The van der Waals surface area contributed by atoms with E-state index in [9.17, 15) is 22.8 Å². The molecule has 2 amide bonds. The van der Waals surface area contributed by atoms with Crippen molar-refractivity contribution in [3.05, 3.63) is 42.5 Å². The van der Waals surface area contributed by atoms with Crippen LogP contribution in [0.4, 0.5) is 18.9 Å². The lowest BCUT2D eigenvalue weighted by Crippen LogP contribution is -2.56. The molecule has 6 N–H and O–H groups in total. The number of rotatable bonds is 7. The number of nitrogens with one attached hydrogen (secondary N) is 3. The first-order chi connectivity index (χ1) is 15.5. The number of carbonyl (C=O) groups excluding carboxylic acids is 2. The van der Waals surface area contributed by atoms with Gasteiger partial charge in [0.25, 0.3) is 0 Å². The molecule has 0 aromatic carbocycles. The quantitative estimate of drug-likeness (QED) is 0.362. The molecule has 0 radical (unpaired) electrons. The zero-order chi connectivity index (χ0) is 24.4. The van der Waals surface area contributed by atoms with Gasteiger partial charge in [-0.1, -0.05) is 13.8 Å². The minimum Gasteiger partial charge on any atom is -0.387 e. The predicted molar refractivity (Wildman–Crippen MR) is 115 cm³/mol. The molecule has 3 aromatic heterocycles. The summed E-state index contributed by atoms with van der Waals surface area (Å²) >= 11 is 0. The van der Waals surface area contributed by atoms with Gasteiger partial charge in [-0.15, -0.1) is 0 Å². The van der Waals surface area contributed by atoms with Crippen LogP contribution in [0.3, 0.4) is 0 Å². The Balaban J connectivity index is 2.01. The van der Waals surface area contributed by atoms with Crippen molar-refractivity contribution < 1.29 is 27.9 Å². The maximum Gasteiger partial charge on any atom is 0.405 e. The number of aliphatic hydroxyl groups is 1. The van der Waals surface area contributed by atoms with Crippen molar-refractivity contribution in [2.45, 2.75) is 25.6 Å². The van der Waals surface area contributed by atoms with Crippen molar-refractivity contribution in [1.82, 2.24) is 20.3 Å². The van der Waals surface area contributed by atoms with Crippen LogP contribution in [0.15, 0.2) is 36.9 Å². The molecule has 3 aromatic rings. The number of amides is 2. The molecular weight excluding hydrogens is 441 g/mol. The molecule has 0 saturated carbocycles. The Hall–Kier alpha value is -3.51. The molecule has 3 heterocycles. The summed E-state index contributed by atoms with van der Waals surface area (Å²) in [7, 11) is 0. The van der Waals surface area contributed by atoms with Crippen molar-refractivity contribution in [3.8, 4) is 11.1 Å². The molecule has 1 unspecified atom stereocenters. The fourth-order valence-electron chi connectivity index (χ4n) is 3.38. The van der Waals surface area contributed by atoms with Gasteiger partial charge in [0.15, 0.2) is 0 Å². The summed E-state index contributed by atoms with van der Waals surface area (Å²) in [5.41, 5.74) is 6.84. The number of aliphatic hydroxyl groups excluding tert-OH is 1. The van der Waals surface area contributed by atoms with Crippen molar-refractivity contribution in [2.24, 2.45) is 11.7 Å². The minimum atomic E-state index is -4.58. The lowest BCUT2D eigenvalue weighted by Gasteiger charge is -2.32. The monoisotopic (exact) mass is 464 g/mol. The summed E-state index contributed by atoms with van der Waals surface area (Å²) in [4.78, 5) is 35.5. The van der Waals surface area contributed by atoms with Crippen molar-refractivity contribution in [2.75, 3.05) is 18.5 Å². The van der Waals surface area contributed by atoms with Crippen LogP contribution in [-0.2, 0) is 15.1 Å². The summed E-state index contributed by atoms with van der Waals surface area (Å²) in [5, 5.41) is 13.9. The van der Waals surface area contributed by atoms with E-state index in [0.717, 1.165) is 0 Å². The van der Waals surface area contributed by atoms with Crippen LogP contribution in [0.5, 0.6) is 0 Å². The van der Waals surface area contributed by atoms with Gasteiger partial charge in [0.2, 0.25) is 11.8 Å². The number of pyridine rings is 2. The summed E-state index contributed by atoms with van der Waals surface area (Å²) < 4.78 is 37.9. The molecule has 0 bridgehead atoms. The molecule has 0 saturated heterocycles. The van der Waals surface area contributed by atoms with Gasteiger partial charge in [0, 0.05) is 40.7 Å². The highest BCUT2D eigenvalue weighted by Gasteiger charge is 2.41. The van der Waals surface area contributed by atoms with Gasteiger partial charge in [0.1, 0.15) is 24.3 Å². The fourth-order valence-corrected chi connectivity index (χ4v) is 3.38. The number of nitrogens with two attached hydrogens (primary N) is 1. The van der Waals surface area contributed by atoms with E-state index in [2.05, 4.69) is 20.3 Å². The Kier molecular flexibility index (Phi) is 6.70. The molecule has 3 rings (SSSR count). The molecule has 12 heteroatoms. The Morgan fingerprint density at radius 2 is 1.94 bits per heavy atom. The van der Waals surface area contributed by atoms with Gasteiger partial charge in [-0.2, -0.15) is 13.2 Å². The van der Waals surface area contributed by atoms with E-state index in [0.29, 0.717) is 27.8 Å². The SMILES string of the molecule is CC(C)C(N)(C(=O)NCC(F)(F)F)c1cncc(-c2c[nH]c3ncc(NC(=O)CO)cc23)c1. The number of aromatic amines is 1. The molecular formula is C21H23F3N6O3. The Morgan fingerprint density at radius 3 is 2.58 bits per heavy atom. The van der Waals surface area contributed by atoms with Crippen LogP contribution in [-0.4, -0.2) is 51.2 Å². The van der Waals surface area contributed by atoms with E-state index < -0.39 is 42.6 Å². The smallest absolute Gasteiger partial charge is 0.387 e. The largest absolute Gasteiger partial charge is 0.405 e. The van der Waals surface area contributed by atoms with Crippen LogP contribution in [0.1, 0.15) is 19.4 Å². The first kappa shape index (κ1) is 24.1. The lowest BCUT2D eigenvalue weighted by atomic mass is 9.80. The van der Waals surface area contributed by atoms with Crippen molar-refractivity contribution in [3.63, 3.8) is 0 Å². The standard InChI is InChI=1S/C21H23F3N6O3/c1-11(2)21(25,19(33)29-10-20(22,23)24)13-3-12(5-26-6-13)16-8-28-18-15(16)4-14(7-27-18)30-17(32)9-31/h3-8,11,31H,9-10,25H2,1-2H3,(H,27,28)(H,29,33)(H,30,32). The molecule has 1 atom stereocenters. The molecule has 176 valence electrons. The average Bonchev–Trinajstić information content (AvgIpc) is 3.19. The molecule has 0 aliphatic carbocycles. The van der Waals surface area contributed by atoms with Gasteiger partial charge in [-0.25, -0.2) is 4.98 Å². The van der Waals surface area contributed by atoms with Crippen LogP contribution >= 0.6 is 0 Å². The van der Waals surface area contributed by atoms with Crippen LogP contribution in [0.2, 0.25) is 0 Å². The first-order valence-corrected chi connectivity index (χ1v) is 9.93. The summed E-state index contributed by atoms with van der Waals surface area (Å²) in [5.74, 6) is -2.12. The van der Waals surface area contributed by atoms with E-state index in [-0.39, 0.29) is 5.56 Å². The number of fused-ring (bicyclic) bond motifs is 1. The third-order valence-electron chi connectivity index (χ3n) is 5.22. The third-order valence-corrected chi connectivity index (χ3v) is 5.22. The summed E-state index contributed by atoms with van der Waals surface area (Å²) in [6.07, 6.45) is 1.34. The number of halogens is 3. The van der Waals surface area contributed by atoms with Gasteiger partial charge in [-0.3, -0.25) is 14.6 Å². The van der Waals surface area contributed by atoms with Gasteiger partial charge in [-0.05, 0) is 18.1 Å². The maximum atomic E-state index is 12.7. The summed E-state index contributed by atoms with van der Waals surface area (Å²) in [6.45, 7) is 1.08. The molecule has 0 fully saturated rings. The highest BCUT2D eigenvalue weighted by molar-refractivity contribution is 5.98. The van der Waals surface area contributed by atoms with E-state index in [1.54, 1.807) is 32.2 Å². The molecule has 33 heavy (non-hydrogen) atoms. The van der Waals surface area contributed by atoms with E-state index in [4.69, 9.17) is 10.8 Å². The van der Waals surface area contributed by atoms with E-state index in [1.165, 1.54) is 18.6 Å². The number of aromatic nitrogens is 3. The van der Waals surface area contributed by atoms with Crippen molar-refractivity contribution in [1.29, 1.82) is 0 Å². The second-order valence-corrected chi connectivity index (χ2v) is 7.81. The van der Waals surface area contributed by atoms with Crippen LogP contribution in [0.25, 0.3) is 22.2 Å². The zero-order valence-electron chi connectivity index (χ0n) is 17.8. The predicted octanol–water partition coefficient (Wildman–Crippen LogP) is 2.04. The first-order valence-electron chi connectivity index (χ1n) is 9.93. The highest BCUT2D eigenvalue weighted by atomic mass is 19.4. The topological polar surface area (TPSA) is 146 Å². The lowest BCUT2D eigenvalue weighted by molar-refractivity contribution is -0.143. The fraction of sp³-hybridized carbons (Fsp3) is 0.333. The van der Waals surface area contributed by atoms with Crippen molar-refractivity contribution >= 4 is 28.5 Å². The molecule has 0 spiro atoms. The number of anilines is 1. The molecule has 0 aliphatic heterocycles. The second-order valence-electron chi connectivity index (χ2n) is 7.81. The Morgan fingerprint density at radius 1 is 1.21 bits per heavy atom. The third kappa shape index (κ3) is 5.12. The normalized spacial score (nSPS) is 13.7. The maximum absolute atomic E-state index is 12.7. The Bertz CT molecular complexity index is 1180. The summed E-state index contributed by atoms with van der Waals surface area (Å²) in [6, 6.07) is 3.23. The average molecular weight is 464 g/mol. The zero-order valence-corrected chi connectivity index (χ0v) is 17.8. The second kappa shape index (κ2) is 9.16. The van der Waals surface area contributed by atoms with E-state index >= 15 is 0 Å². The number of carbonyl (C=O) groups is 2. The van der Waals surface area contributed by atoms with Gasteiger partial charge < -0.3 is 26.5 Å². The molecule has 0 aliphatic rings. The van der Waals surface area contributed by atoms with Gasteiger partial charge in [0.05, 0.1) is 11.9 Å². The Labute approximate surface area is 186 Å². The number of alkyl halides is 3.